The third-order valence-electron chi connectivity index (χ3n) is 2.79. The average Bonchev–Trinajstić information content (AvgIpc) is 2.45. The average molecular weight is 345 g/mol. The first-order chi connectivity index (χ1) is 10.4. The van der Waals surface area contributed by atoms with E-state index < -0.39 is 5.97 Å². The number of carboxylic acids is 1. The van der Waals surface area contributed by atoms with Crippen LogP contribution in [0.2, 0.25) is 0 Å². The molecule has 2 aromatic heterocycles. The van der Waals surface area contributed by atoms with Gasteiger partial charge in [0.25, 0.3) is 0 Å². The minimum absolute atomic E-state index is 0. The number of pyridine rings is 1. The molecule has 0 saturated carbocycles. The summed E-state index contributed by atoms with van der Waals surface area (Å²) in [5, 5.41) is 9.31. The summed E-state index contributed by atoms with van der Waals surface area (Å²) in [6.45, 7) is 3.40. The van der Waals surface area contributed by atoms with Crippen LogP contribution in [0.3, 0.4) is 0 Å². The summed E-state index contributed by atoms with van der Waals surface area (Å²) in [7, 11) is 2.87. The zero-order chi connectivity index (χ0) is 16.3. The molecule has 0 atom stereocenters. The smallest absolute Gasteiger partial charge is 1.00 e. The number of hydrogen-bond donors (Lipinski definition) is 1. The van der Waals surface area contributed by atoms with Crippen LogP contribution in [0, 0.1) is 13.8 Å². The molecule has 0 fully saturated rings. The van der Waals surface area contributed by atoms with Crippen LogP contribution >= 0.6 is 0 Å². The number of aromatic carboxylic acids is 1. The van der Waals surface area contributed by atoms with Crippen molar-refractivity contribution in [3.05, 3.63) is 29.0 Å². The molecule has 8 nitrogen and oxygen atoms in total. The second-order valence-corrected chi connectivity index (χ2v) is 4.40. The molecule has 9 heteroatoms. The molecule has 0 aliphatic heterocycles. The number of aryl methyl sites for hydroxylation is 2. The maximum atomic E-state index is 11.4. The first-order valence-corrected chi connectivity index (χ1v) is 6.31. The van der Waals surface area contributed by atoms with Crippen molar-refractivity contribution >= 4 is 5.97 Å². The zero-order valence-corrected chi connectivity index (χ0v) is 16.7. The van der Waals surface area contributed by atoms with Crippen LogP contribution < -0.4 is 65.6 Å². The first-order valence-electron chi connectivity index (χ1n) is 6.31. The summed E-state index contributed by atoms with van der Waals surface area (Å²) in [4.78, 5) is 23.4. The van der Waals surface area contributed by atoms with Crippen molar-refractivity contribution in [1.82, 2.24) is 15.0 Å². The molecule has 0 aliphatic carbocycles. The van der Waals surface area contributed by atoms with Crippen molar-refractivity contribution in [2.45, 2.75) is 13.8 Å². The Labute approximate surface area is 177 Å². The quantitative estimate of drug-likeness (QED) is 0.696. The molecule has 0 spiro atoms. The Morgan fingerprint density at radius 3 is 2.13 bits per heavy atom. The van der Waals surface area contributed by atoms with E-state index >= 15 is 0 Å². The van der Waals surface area contributed by atoms with Crippen LogP contribution in [0.25, 0.3) is 0 Å². The van der Waals surface area contributed by atoms with Gasteiger partial charge < -0.3 is 20.7 Å². The Morgan fingerprint density at radius 2 is 1.65 bits per heavy atom. The summed E-state index contributed by atoms with van der Waals surface area (Å²) in [5.41, 5.74) is 1.10. The molecule has 0 unspecified atom stereocenters. The van der Waals surface area contributed by atoms with Crippen LogP contribution in [0.15, 0.2) is 12.1 Å². The molecule has 0 aliphatic rings. The van der Waals surface area contributed by atoms with Crippen LogP contribution in [0.5, 0.6) is 23.7 Å². The minimum Gasteiger partial charge on any atom is -1.00 e. The van der Waals surface area contributed by atoms with E-state index in [1.165, 1.54) is 20.3 Å². The van der Waals surface area contributed by atoms with E-state index in [1.54, 1.807) is 19.9 Å². The fraction of sp³-hybridized carbons (Fsp3) is 0.286. The summed E-state index contributed by atoms with van der Waals surface area (Å²) in [6, 6.07) is 3.01. The Kier molecular flexibility index (Phi) is 7.35. The van der Waals surface area contributed by atoms with E-state index in [1.807, 2.05) is 0 Å². The van der Waals surface area contributed by atoms with Crippen LogP contribution in [-0.2, 0) is 0 Å². The number of carbonyl (C=O) groups is 1. The minimum atomic E-state index is -1.14. The van der Waals surface area contributed by atoms with E-state index in [0.29, 0.717) is 11.3 Å². The van der Waals surface area contributed by atoms with Gasteiger partial charge in [0.1, 0.15) is 5.56 Å². The van der Waals surface area contributed by atoms with Gasteiger partial charge in [0.2, 0.25) is 17.6 Å². The molecular formula is C14H16KN3O5. The standard InChI is InChI=1S/C14H15N3O5.K.H/c1-7-5-8(2)15-12(11(7)13(18)19)22-14-16-9(20-3)6-10(17-14)21-4;;/h5-6H,1-4H3,(H,18,19);;/q;+1;-1. The predicted octanol–water partition coefficient (Wildman–Crippen LogP) is -0.887. The van der Waals surface area contributed by atoms with E-state index in [4.69, 9.17) is 14.2 Å². The summed E-state index contributed by atoms with van der Waals surface area (Å²) < 4.78 is 15.5. The molecule has 0 amide bonds. The topological polar surface area (TPSA) is 104 Å². The Hall–Kier alpha value is -1.26. The number of aromatic nitrogens is 3. The third kappa shape index (κ3) is 4.85. The molecule has 23 heavy (non-hydrogen) atoms. The SMILES string of the molecule is COc1cc(OC)nc(Oc2nc(C)cc(C)c2C(=O)O)n1.[H-].[K+]. The van der Waals surface area contributed by atoms with Gasteiger partial charge in [-0.25, -0.2) is 9.78 Å². The molecule has 1 N–H and O–H groups in total. The molecule has 2 heterocycles. The molecule has 0 radical (unpaired) electrons. The van der Waals surface area contributed by atoms with E-state index in [9.17, 15) is 9.90 Å². The molecular weight excluding hydrogens is 329 g/mol. The summed E-state index contributed by atoms with van der Waals surface area (Å²) in [5.74, 6) is -0.777. The molecule has 118 valence electrons. The van der Waals surface area contributed by atoms with E-state index in [2.05, 4.69) is 15.0 Å². The fourth-order valence-corrected chi connectivity index (χ4v) is 1.86. The molecule has 2 aromatic rings. The Bertz CT molecular complexity index is 708. The number of hydrogen-bond acceptors (Lipinski definition) is 7. The van der Waals surface area contributed by atoms with Crippen LogP contribution in [-0.4, -0.2) is 40.2 Å². The molecule has 0 saturated heterocycles. The monoisotopic (exact) mass is 345 g/mol. The van der Waals surface area contributed by atoms with Gasteiger partial charge in [-0.05, 0) is 25.5 Å². The van der Waals surface area contributed by atoms with E-state index in [-0.39, 0.29) is 82.0 Å². The second-order valence-electron chi connectivity index (χ2n) is 4.40. The second kappa shape index (κ2) is 8.55. The van der Waals surface area contributed by atoms with Crippen molar-refractivity contribution in [2.75, 3.05) is 14.2 Å². The predicted molar refractivity (Wildman–Crippen MR) is 77.0 cm³/mol. The fourth-order valence-electron chi connectivity index (χ4n) is 1.86. The van der Waals surface area contributed by atoms with Gasteiger partial charge in [0.15, 0.2) is 0 Å². The third-order valence-corrected chi connectivity index (χ3v) is 2.79. The number of rotatable bonds is 5. The van der Waals surface area contributed by atoms with Gasteiger partial charge in [0.05, 0.1) is 20.3 Å². The van der Waals surface area contributed by atoms with E-state index in [0.717, 1.165) is 0 Å². The van der Waals surface area contributed by atoms with Crippen molar-refractivity contribution in [3.63, 3.8) is 0 Å². The number of ether oxygens (including phenoxy) is 3. The van der Waals surface area contributed by atoms with Gasteiger partial charge in [-0.15, -0.1) is 0 Å². The number of carboxylic acid groups (broad SMARTS) is 1. The number of methoxy groups -OCH3 is 2. The maximum Gasteiger partial charge on any atom is 1.00 e. The maximum absolute atomic E-state index is 11.4. The van der Waals surface area contributed by atoms with Crippen molar-refractivity contribution in [2.24, 2.45) is 0 Å². The van der Waals surface area contributed by atoms with Gasteiger partial charge in [0, 0.05) is 5.69 Å². The summed E-state index contributed by atoms with van der Waals surface area (Å²) >= 11 is 0. The van der Waals surface area contributed by atoms with Crippen molar-refractivity contribution in [1.29, 1.82) is 0 Å². The van der Waals surface area contributed by atoms with Crippen LogP contribution in [0.4, 0.5) is 0 Å². The van der Waals surface area contributed by atoms with Gasteiger partial charge in [-0.1, -0.05) is 0 Å². The molecule has 2 rings (SSSR count). The Balaban J connectivity index is 0.00000264. The van der Waals surface area contributed by atoms with Gasteiger partial charge in [-0.2, -0.15) is 9.97 Å². The van der Waals surface area contributed by atoms with Crippen molar-refractivity contribution in [3.8, 4) is 23.7 Å². The molecule has 0 aromatic carbocycles. The first kappa shape index (κ1) is 19.8. The Morgan fingerprint density at radius 1 is 1.09 bits per heavy atom. The van der Waals surface area contributed by atoms with Gasteiger partial charge in [-0.3, -0.25) is 0 Å². The normalized spacial score (nSPS) is 9.74. The molecule has 0 bridgehead atoms. The largest absolute Gasteiger partial charge is 1.00 e. The summed E-state index contributed by atoms with van der Waals surface area (Å²) in [6.07, 6.45) is 0. The van der Waals surface area contributed by atoms with Crippen LogP contribution in [0.1, 0.15) is 23.0 Å². The number of nitrogens with zero attached hydrogens (tertiary/aromatic N) is 3. The van der Waals surface area contributed by atoms with Gasteiger partial charge >= 0.3 is 63.4 Å². The zero-order valence-electron chi connectivity index (χ0n) is 14.6. The van der Waals surface area contributed by atoms with Crippen molar-refractivity contribution < 1.29 is 76.9 Å².